The number of carbonyl (C=O) groups excluding carboxylic acids is 1. The van der Waals surface area contributed by atoms with Crippen LogP contribution in [0, 0.1) is 0 Å². The van der Waals surface area contributed by atoms with E-state index in [0.717, 1.165) is 40.2 Å². The minimum absolute atomic E-state index is 0.274. The Morgan fingerprint density at radius 1 is 1.07 bits per heavy atom. The highest BCUT2D eigenvalue weighted by Crippen LogP contribution is 2.29. The van der Waals surface area contributed by atoms with Crippen molar-refractivity contribution in [2.24, 2.45) is 0 Å². The van der Waals surface area contributed by atoms with Gasteiger partial charge in [-0.25, -0.2) is 13.2 Å². The fraction of sp³-hybridized carbons (Fsp3) is 0.286. The number of sulfonamides is 1. The Bertz CT molecular complexity index is 1190. The second-order valence-corrected chi connectivity index (χ2v) is 10.5. The van der Waals surface area contributed by atoms with Crippen LogP contribution in [0.5, 0.6) is 0 Å². The van der Waals surface area contributed by atoms with Crippen molar-refractivity contribution in [3.05, 3.63) is 63.7 Å². The minimum Gasteiger partial charge on any atom is -0.333 e. The van der Waals surface area contributed by atoms with Gasteiger partial charge < -0.3 is 5.32 Å². The van der Waals surface area contributed by atoms with Gasteiger partial charge >= 0.3 is 6.03 Å². The molecule has 2 heterocycles. The molecular formula is C21H21BrClN3O3S. The number of hydrogen-bond donors (Lipinski definition) is 1. The Morgan fingerprint density at radius 2 is 1.77 bits per heavy atom. The van der Waals surface area contributed by atoms with E-state index in [9.17, 15) is 13.2 Å². The fourth-order valence-electron chi connectivity index (χ4n) is 3.60. The van der Waals surface area contributed by atoms with E-state index in [1.54, 1.807) is 46.9 Å². The van der Waals surface area contributed by atoms with Crippen LogP contribution in [0.4, 0.5) is 4.79 Å². The third kappa shape index (κ3) is 4.27. The highest BCUT2D eigenvalue weighted by atomic mass is 79.9. The van der Waals surface area contributed by atoms with Gasteiger partial charge in [0.25, 0.3) is 0 Å². The van der Waals surface area contributed by atoms with Crippen molar-refractivity contribution >= 4 is 54.5 Å². The number of carbonyl (C=O) groups is 1. The highest BCUT2D eigenvalue weighted by molar-refractivity contribution is 9.10. The van der Waals surface area contributed by atoms with Gasteiger partial charge in [-0.15, -0.1) is 0 Å². The average molecular weight is 511 g/mol. The summed E-state index contributed by atoms with van der Waals surface area (Å²) in [6.45, 7) is 1.44. The van der Waals surface area contributed by atoms with Crippen LogP contribution in [0.3, 0.4) is 0 Å². The molecule has 6 nitrogen and oxygen atoms in total. The third-order valence-corrected chi connectivity index (χ3v) is 8.38. The molecule has 30 heavy (non-hydrogen) atoms. The topological polar surface area (TPSA) is 71.4 Å². The van der Waals surface area contributed by atoms with Gasteiger partial charge in [-0.1, -0.05) is 30.2 Å². The van der Waals surface area contributed by atoms with Gasteiger partial charge in [0.15, 0.2) is 0 Å². The zero-order valence-corrected chi connectivity index (χ0v) is 19.3. The molecule has 0 aliphatic carbocycles. The molecular weight excluding hydrogens is 490 g/mol. The standard InChI is InChI=1S/C21H21BrClN3O3S/c22-18-13-20-16(12-19(18)23)8-11-26(20)21(27)24-14-15-4-6-17(7-5-15)30(28,29)25-9-2-1-3-10-25/h4-8,11-13H,1-3,9-10,14H2,(H,24,27). The lowest BCUT2D eigenvalue weighted by molar-refractivity contribution is 0.243. The number of piperidine rings is 1. The predicted molar refractivity (Wildman–Crippen MR) is 121 cm³/mol. The number of nitrogens with one attached hydrogen (secondary N) is 1. The van der Waals surface area contributed by atoms with Crippen molar-refractivity contribution in [3.63, 3.8) is 0 Å². The first kappa shape index (κ1) is 21.4. The van der Waals surface area contributed by atoms with Crippen molar-refractivity contribution in [2.45, 2.75) is 30.7 Å². The zero-order valence-electron chi connectivity index (χ0n) is 16.1. The number of benzene rings is 2. The van der Waals surface area contributed by atoms with E-state index in [1.165, 1.54) is 4.57 Å². The number of aromatic nitrogens is 1. The van der Waals surface area contributed by atoms with Gasteiger partial charge in [-0.3, -0.25) is 4.57 Å². The Morgan fingerprint density at radius 3 is 2.47 bits per heavy atom. The van der Waals surface area contributed by atoms with Crippen molar-refractivity contribution in [1.29, 1.82) is 0 Å². The zero-order chi connectivity index (χ0) is 21.3. The molecule has 1 aliphatic rings. The molecule has 0 bridgehead atoms. The van der Waals surface area contributed by atoms with Gasteiger partial charge in [-0.05, 0) is 64.7 Å². The van der Waals surface area contributed by atoms with Crippen LogP contribution in [-0.4, -0.2) is 36.4 Å². The van der Waals surface area contributed by atoms with Crippen molar-refractivity contribution < 1.29 is 13.2 Å². The van der Waals surface area contributed by atoms with Crippen molar-refractivity contribution in [1.82, 2.24) is 14.2 Å². The van der Waals surface area contributed by atoms with Gasteiger partial charge in [0.1, 0.15) is 0 Å². The molecule has 0 unspecified atom stereocenters. The number of nitrogens with zero attached hydrogens (tertiary/aromatic N) is 2. The van der Waals surface area contributed by atoms with Gasteiger partial charge in [0.05, 0.1) is 15.4 Å². The Hall–Kier alpha value is -1.87. The SMILES string of the molecule is O=C(NCc1ccc(S(=O)(=O)N2CCCCC2)cc1)n1ccc2cc(Cl)c(Br)cc21. The van der Waals surface area contributed by atoms with Crippen LogP contribution < -0.4 is 5.32 Å². The first-order valence-electron chi connectivity index (χ1n) is 9.70. The summed E-state index contributed by atoms with van der Waals surface area (Å²) < 4.78 is 29.3. The highest BCUT2D eigenvalue weighted by Gasteiger charge is 2.25. The summed E-state index contributed by atoms with van der Waals surface area (Å²) in [4.78, 5) is 12.9. The molecule has 3 aromatic rings. The molecule has 1 fully saturated rings. The number of fused-ring (bicyclic) bond motifs is 1. The Kier molecular flexibility index (Phi) is 6.20. The monoisotopic (exact) mass is 509 g/mol. The molecule has 0 saturated carbocycles. The molecule has 2 aromatic carbocycles. The summed E-state index contributed by atoms with van der Waals surface area (Å²) in [5, 5.41) is 4.31. The van der Waals surface area contributed by atoms with Crippen LogP contribution in [0.1, 0.15) is 24.8 Å². The van der Waals surface area contributed by atoms with E-state index in [0.29, 0.717) is 18.1 Å². The number of halogens is 2. The van der Waals surface area contributed by atoms with Crippen LogP contribution in [0.15, 0.2) is 58.0 Å². The second kappa shape index (κ2) is 8.70. The second-order valence-electron chi connectivity index (χ2n) is 7.28. The van der Waals surface area contributed by atoms with Crippen LogP contribution >= 0.6 is 27.5 Å². The molecule has 0 radical (unpaired) electrons. The van der Waals surface area contributed by atoms with E-state index < -0.39 is 10.0 Å². The van der Waals surface area contributed by atoms with Crippen LogP contribution in [0.2, 0.25) is 5.02 Å². The molecule has 0 atom stereocenters. The van der Waals surface area contributed by atoms with E-state index in [-0.39, 0.29) is 17.5 Å². The lowest BCUT2D eigenvalue weighted by Crippen LogP contribution is -2.35. The van der Waals surface area contributed by atoms with E-state index >= 15 is 0 Å². The molecule has 1 aliphatic heterocycles. The van der Waals surface area contributed by atoms with Gasteiger partial charge in [0.2, 0.25) is 10.0 Å². The first-order valence-corrected chi connectivity index (χ1v) is 12.3. The summed E-state index contributed by atoms with van der Waals surface area (Å²) in [7, 11) is -3.45. The summed E-state index contributed by atoms with van der Waals surface area (Å²) in [6.07, 6.45) is 4.57. The van der Waals surface area contributed by atoms with Crippen molar-refractivity contribution in [3.8, 4) is 0 Å². The third-order valence-electron chi connectivity index (χ3n) is 5.27. The molecule has 1 saturated heterocycles. The molecule has 0 spiro atoms. The Labute approximate surface area is 189 Å². The quantitative estimate of drug-likeness (QED) is 0.537. The lowest BCUT2D eigenvalue weighted by atomic mass is 10.2. The van der Waals surface area contributed by atoms with E-state index in [2.05, 4.69) is 21.2 Å². The van der Waals surface area contributed by atoms with Gasteiger partial charge in [0, 0.05) is 35.7 Å². The summed E-state index contributed by atoms with van der Waals surface area (Å²) in [6, 6.07) is 11.8. The van der Waals surface area contributed by atoms with Crippen LogP contribution in [0.25, 0.3) is 10.9 Å². The number of hydrogen-bond acceptors (Lipinski definition) is 3. The minimum atomic E-state index is -3.45. The summed E-state index contributed by atoms with van der Waals surface area (Å²) >= 11 is 9.49. The number of amides is 1. The maximum atomic E-state index is 12.7. The van der Waals surface area contributed by atoms with Gasteiger partial charge in [-0.2, -0.15) is 4.31 Å². The van der Waals surface area contributed by atoms with Crippen LogP contribution in [-0.2, 0) is 16.6 Å². The molecule has 1 aromatic heterocycles. The maximum Gasteiger partial charge on any atom is 0.326 e. The van der Waals surface area contributed by atoms with Crippen molar-refractivity contribution in [2.75, 3.05) is 13.1 Å². The fourth-order valence-corrected chi connectivity index (χ4v) is 5.62. The largest absolute Gasteiger partial charge is 0.333 e. The predicted octanol–water partition coefficient (Wildman–Crippen LogP) is 4.99. The molecule has 4 rings (SSSR count). The number of rotatable bonds is 4. The normalized spacial score (nSPS) is 15.4. The molecule has 9 heteroatoms. The lowest BCUT2D eigenvalue weighted by Gasteiger charge is -2.25. The maximum absolute atomic E-state index is 12.7. The smallest absolute Gasteiger partial charge is 0.326 e. The summed E-state index contributed by atoms with van der Waals surface area (Å²) in [5.41, 5.74) is 1.56. The van der Waals surface area contributed by atoms with E-state index in [4.69, 9.17) is 11.6 Å². The molecule has 158 valence electrons. The molecule has 1 N–H and O–H groups in total. The van der Waals surface area contributed by atoms with E-state index in [1.807, 2.05) is 6.07 Å². The first-order chi connectivity index (χ1) is 14.4. The summed E-state index contributed by atoms with van der Waals surface area (Å²) in [5.74, 6) is 0. The average Bonchev–Trinajstić information content (AvgIpc) is 3.16. The molecule has 1 amide bonds. The Balaban J connectivity index is 1.44.